The lowest BCUT2D eigenvalue weighted by molar-refractivity contribution is -0.143. The summed E-state index contributed by atoms with van der Waals surface area (Å²) in [6, 6.07) is 10.9. The van der Waals surface area contributed by atoms with Gasteiger partial charge in [-0.3, -0.25) is 9.59 Å². The first-order valence-corrected chi connectivity index (χ1v) is 8.49. The van der Waals surface area contributed by atoms with E-state index >= 15 is 0 Å². The van der Waals surface area contributed by atoms with Gasteiger partial charge in [-0.25, -0.2) is 0 Å². The molecule has 0 aliphatic heterocycles. The van der Waals surface area contributed by atoms with E-state index in [1.54, 1.807) is 24.3 Å². The molecule has 0 saturated heterocycles. The number of alkyl halides is 2. The first-order chi connectivity index (χ1) is 12.9. The number of esters is 1. The Kier molecular flexibility index (Phi) is 7.54. The third-order valence-corrected chi connectivity index (χ3v) is 3.82. The van der Waals surface area contributed by atoms with Gasteiger partial charge in [0.25, 0.3) is 5.91 Å². The number of ether oxygens (including phenoxy) is 3. The molecule has 1 N–H and O–H groups in total. The average molecular weight is 444 g/mol. The van der Waals surface area contributed by atoms with Crippen molar-refractivity contribution in [2.24, 2.45) is 0 Å². The van der Waals surface area contributed by atoms with Gasteiger partial charge in [0.2, 0.25) is 0 Å². The Bertz CT molecular complexity index is 816. The van der Waals surface area contributed by atoms with Gasteiger partial charge in [-0.1, -0.05) is 28.1 Å². The highest BCUT2D eigenvalue weighted by molar-refractivity contribution is 9.10. The second-order valence-corrected chi connectivity index (χ2v) is 6.13. The van der Waals surface area contributed by atoms with Crippen molar-refractivity contribution in [2.45, 2.75) is 13.2 Å². The third-order valence-electron chi connectivity index (χ3n) is 3.32. The van der Waals surface area contributed by atoms with Crippen LogP contribution in [0.15, 0.2) is 46.9 Å². The molecule has 0 radical (unpaired) electrons. The van der Waals surface area contributed by atoms with E-state index in [0.29, 0.717) is 11.1 Å². The molecule has 1 amide bonds. The largest absolute Gasteiger partial charge is 0.493 e. The number of hydrogen-bond donors (Lipinski definition) is 1. The molecule has 0 spiro atoms. The molecule has 2 rings (SSSR count). The van der Waals surface area contributed by atoms with Crippen LogP contribution in [0.5, 0.6) is 11.5 Å². The Morgan fingerprint density at radius 2 is 1.93 bits per heavy atom. The van der Waals surface area contributed by atoms with Gasteiger partial charge < -0.3 is 19.5 Å². The van der Waals surface area contributed by atoms with Gasteiger partial charge in [0.15, 0.2) is 11.5 Å². The van der Waals surface area contributed by atoms with E-state index in [4.69, 9.17) is 9.47 Å². The standard InChI is InChI=1S/C18H16BrF2NO5/c1-25-15-7-11(5-6-14(15)27-18(20)21)10-26-16(23)9-22-17(24)12-3-2-4-13(19)8-12/h2-8,18H,9-10H2,1H3,(H,22,24). The molecule has 0 aliphatic rings. The number of hydrogen-bond acceptors (Lipinski definition) is 5. The van der Waals surface area contributed by atoms with Crippen molar-refractivity contribution < 1.29 is 32.6 Å². The molecular formula is C18H16BrF2NO5. The summed E-state index contributed by atoms with van der Waals surface area (Å²) in [6.07, 6.45) is 0. The molecule has 0 aromatic heterocycles. The van der Waals surface area contributed by atoms with E-state index in [1.807, 2.05) is 0 Å². The second kappa shape index (κ2) is 9.86. The van der Waals surface area contributed by atoms with Gasteiger partial charge in [0.05, 0.1) is 7.11 Å². The highest BCUT2D eigenvalue weighted by atomic mass is 79.9. The lowest BCUT2D eigenvalue weighted by Crippen LogP contribution is -2.30. The zero-order valence-corrected chi connectivity index (χ0v) is 15.8. The molecule has 0 bridgehead atoms. The fourth-order valence-corrected chi connectivity index (χ4v) is 2.49. The van der Waals surface area contributed by atoms with E-state index in [9.17, 15) is 18.4 Å². The Balaban J connectivity index is 1.85. The SMILES string of the molecule is COc1cc(COC(=O)CNC(=O)c2cccc(Br)c2)ccc1OC(F)F. The molecule has 2 aromatic carbocycles. The number of carbonyl (C=O) groups excluding carboxylic acids is 2. The van der Waals surface area contributed by atoms with Crippen LogP contribution in [0.3, 0.4) is 0 Å². The highest BCUT2D eigenvalue weighted by Crippen LogP contribution is 2.29. The molecule has 9 heteroatoms. The zero-order valence-electron chi connectivity index (χ0n) is 14.2. The lowest BCUT2D eigenvalue weighted by atomic mass is 10.2. The summed E-state index contributed by atoms with van der Waals surface area (Å²) in [5.41, 5.74) is 0.914. The third kappa shape index (κ3) is 6.52. The molecule has 0 unspecified atom stereocenters. The van der Waals surface area contributed by atoms with Crippen LogP contribution in [0.4, 0.5) is 8.78 Å². The van der Waals surface area contributed by atoms with Crippen molar-refractivity contribution >= 4 is 27.8 Å². The molecule has 0 atom stereocenters. The number of benzene rings is 2. The summed E-state index contributed by atoms with van der Waals surface area (Å²) in [5.74, 6) is -1.09. The minimum Gasteiger partial charge on any atom is -0.493 e. The van der Waals surface area contributed by atoms with Gasteiger partial charge in [0, 0.05) is 10.0 Å². The van der Waals surface area contributed by atoms with E-state index < -0.39 is 18.5 Å². The number of halogens is 3. The van der Waals surface area contributed by atoms with Crippen LogP contribution in [0.2, 0.25) is 0 Å². The maximum Gasteiger partial charge on any atom is 0.387 e. The average Bonchev–Trinajstić information content (AvgIpc) is 2.64. The van der Waals surface area contributed by atoms with Crippen molar-refractivity contribution in [3.63, 3.8) is 0 Å². The summed E-state index contributed by atoms with van der Waals surface area (Å²) in [4.78, 5) is 23.7. The maximum atomic E-state index is 12.3. The van der Waals surface area contributed by atoms with Crippen LogP contribution in [-0.4, -0.2) is 32.1 Å². The van der Waals surface area contributed by atoms with Gasteiger partial charge in [-0.2, -0.15) is 8.78 Å². The van der Waals surface area contributed by atoms with Crippen molar-refractivity contribution in [1.82, 2.24) is 5.32 Å². The van der Waals surface area contributed by atoms with Crippen LogP contribution < -0.4 is 14.8 Å². The van der Waals surface area contributed by atoms with Gasteiger partial charge in [0.1, 0.15) is 13.2 Å². The fourth-order valence-electron chi connectivity index (χ4n) is 2.09. The minimum absolute atomic E-state index is 0.0896. The molecule has 2 aromatic rings. The first-order valence-electron chi connectivity index (χ1n) is 7.70. The molecule has 0 aliphatic carbocycles. The van der Waals surface area contributed by atoms with Crippen LogP contribution in [0.1, 0.15) is 15.9 Å². The predicted octanol–water partition coefficient (Wildman–Crippen LogP) is 3.53. The monoisotopic (exact) mass is 443 g/mol. The van der Waals surface area contributed by atoms with E-state index in [-0.39, 0.29) is 24.7 Å². The molecule has 0 saturated carbocycles. The van der Waals surface area contributed by atoms with Gasteiger partial charge in [-0.05, 0) is 35.9 Å². The van der Waals surface area contributed by atoms with Crippen LogP contribution in [0.25, 0.3) is 0 Å². The lowest BCUT2D eigenvalue weighted by Gasteiger charge is -2.12. The predicted molar refractivity (Wildman–Crippen MR) is 95.9 cm³/mol. The Labute approximate surface area is 162 Å². The molecular weight excluding hydrogens is 428 g/mol. The van der Waals surface area contributed by atoms with E-state index in [1.165, 1.54) is 25.3 Å². The van der Waals surface area contributed by atoms with E-state index in [2.05, 4.69) is 26.0 Å². The maximum absolute atomic E-state index is 12.3. The molecule has 6 nitrogen and oxygen atoms in total. The van der Waals surface area contributed by atoms with Crippen LogP contribution >= 0.6 is 15.9 Å². The topological polar surface area (TPSA) is 73.9 Å². The summed E-state index contributed by atoms with van der Waals surface area (Å²) < 4.78 is 39.7. The second-order valence-electron chi connectivity index (χ2n) is 5.22. The molecule has 27 heavy (non-hydrogen) atoms. The number of carbonyl (C=O) groups is 2. The van der Waals surface area contributed by atoms with E-state index in [0.717, 1.165) is 4.47 Å². The molecule has 0 fully saturated rings. The fraction of sp³-hybridized carbons (Fsp3) is 0.222. The summed E-state index contributed by atoms with van der Waals surface area (Å²) in [7, 11) is 1.31. The number of nitrogens with one attached hydrogen (secondary N) is 1. The van der Waals surface area contributed by atoms with Crippen LogP contribution in [0, 0.1) is 0 Å². The smallest absolute Gasteiger partial charge is 0.387 e. The van der Waals surface area contributed by atoms with Crippen molar-refractivity contribution in [2.75, 3.05) is 13.7 Å². The first kappa shape index (κ1) is 20.6. The Morgan fingerprint density at radius 3 is 2.59 bits per heavy atom. The minimum atomic E-state index is -2.98. The quantitative estimate of drug-likeness (QED) is 0.631. The molecule has 0 heterocycles. The summed E-state index contributed by atoms with van der Waals surface area (Å²) in [5, 5.41) is 2.45. The number of methoxy groups -OCH3 is 1. The Morgan fingerprint density at radius 1 is 1.15 bits per heavy atom. The van der Waals surface area contributed by atoms with Crippen molar-refractivity contribution in [3.05, 3.63) is 58.1 Å². The number of rotatable bonds is 8. The van der Waals surface area contributed by atoms with Gasteiger partial charge in [-0.15, -0.1) is 0 Å². The summed E-state index contributed by atoms with van der Waals surface area (Å²) in [6.45, 7) is -3.40. The zero-order chi connectivity index (χ0) is 19.8. The van der Waals surface area contributed by atoms with Crippen molar-refractivity contribution in [3.8, 4) is 11.5 Å². The van der Waals surface area contributed by atoms with Gasteiger partial charge >= 0.3 is 12.6 Å². The normalized spacial score (nSPS) is 10.4. The summed E-state index contributed by atoms with van der Waals surface area (Å²) >= 11 is 3.26. The highest BCUT2D eigenvalue weighted by Gasteiger charge is 2.13. The van der Waals surface area contributed by atoms with Crippen molar-refractivity contribution in [1.29, 1.82) is 0 Å². The van der Waals surface area contributed by atoms with Crippen LogP contribution in [-0.2, 0) is 16.1 Å². The number of amides is 1. The molecule has 144 valence electrons. The Hall–Kier alpha value is -2.68.